The molecule has 0 aliphatic carbocycles. The zero-order chi connectivity index (χ0) is 11.8. The Morgan fingerprint density at radius 2 is 2.00 bits per heavy atom. The van der Waals surface area contributed by atoms with Crippen molar-refractivity contribution in [3.63, 3.8) is 0 Å². The second-order valence-corrected chi connectivity index (χ2v) is 7.21. The Morgan fingerprint density at radius 1 is 1.38 bits per heavy atom. The van der Waals surface area contributed by atoms with Crippen LogP contribution in [-0.4, -0.2) is 46.5 Å². The molecule has 2 aliphatic rings. The van der Waals surface area contributed by atoms with Gasteiger partial charge in [-0.15, -0.1) is 0 Å². The molecule has 2 saturated heterocycles. The van der Waals surface area contributed by atoms with E-state index in [9.17, 15) is 4.79 Å². The molecule has 2 aliphatic heterocycles. The van der Waals surface area contributed by atoms with E-state index in [0.717, 1.165) is 32.5 Å². The molecule has 0 aromatic heterocycles. The molecule has 2 rings (SSSR count). The van der Waals surface area contributed by atoms with Gasteiger partial charge in [-0.1, -0.05) is 13.8 Å². The van der Waals surface area contributed by atoms with Crippen molar-refractivity contribution in [3.8, 4) is 0 Å². The van der Waals surface area contributed by atoms with Crippen molar-refractivity contribution in [2.75, 3.05) is 19.6 Å². The molecule has 0 aromatic rings. The van der Waals surface area contributed by atoms with E-state index in [2.05, 4.69) is 31.0 Å². The fourth-order valence-electron chi connectivity index (χ4n) is 2.77. The molecule has 2 fully saturated rings. The Bertz CT molecular complexity index is 266. The highest BCUT2D eigenvalue weighted by molar-refractivity contribution is 8.00. The summed E-state index contributed by atoms with van der Waals surface area (Å²) in [4.78, 5) is 14.5. The van der Waals surface area contributed by atoms with Gasteiger partial charge in [0, 0.05) is 23.6 Å². The molecular formula is C12H22N2OS. The monoisotopic (exact) mass is 242 g/mol. The molecule has 0 bridgehead atoms. The maximum absolute atomic E-state index is 12.5. The molecule has 1 amide bonds. The van der Waals surface area contributed by atoms with Gasteiger partial charge in [0.05, 0.1) is 5.54 Å². The predicted molar refractivity (Wildman–Crippen MR) is 68.7 cm³/mol. The van der Waals surface area contributed by atoms with Crippen LogP contribution in [0.2, 0.25) is 0 Å². The van der Waals surface area contributed by atoms with E-state index >= 15 is 0 Å². The quantitative estimate of drug-likeness (QED) is 0.756. The first-order valence-corrected chi connectivity index (χ1v) is 7.15. The number of hydrogen-bond donors (Lipinski definition) is 1. The zero-order valence-electron chi connectivity index (χ0n) is 10.5. The van der Waals surface area contributed by atoms with Crippen molar-refractivity contribution in [2.24, 2.45) is 0 Å². The third-order valence-electron chi connectivity index (χ3n) is 3.55. The van der Waals surface area contributed by atoms with Gasteiger partial charge in [0.2, 0.25) is 5.91 Å². The van der Waals surface area contributed by atoms with Gasteiger partial charge >= 0.3 is 0 Å². The van der Waals surface area contributed by atoms with Gasteiger partial charge in [-0.3, -0.25) is 4.79 Å². The van der Waals surface area contributed by atoms with E-state index in [1.165, 1.54) is 0 Å². The van der Waals surface area contributed by atoms with Gasteiger partial charge in [-0.25, -0.2) is 0 Å². The summed E-state index contributed by atoms with van der Waals surface area (Å²) < 4.78 is 0. The third kappa shape index (κ3) is 2.38. The van der Waals surface area contributed by atoms with Gasteiger partial charge in [0.25, 0.3) is 0 Å². The number of nitrogens with one attached hydrogen (secondary N) is 1. The molecule has 3 unspecified atom stereocenters. The van der Waals surface area contributed by atoms with Gasteiger partial charge < -0.3 is 10.2 Å². The van der Waals surface area contributed by atoms with Crippen LogP contribution in [0.5, 0.6) is 0 Å². The van der Waals surface area contributed by atoms with Crippen LogP contribution in [0.1, 0.15) is 33.6 Å². The highest BCUT2D eigenvalue weighted by Gasteiger charge is 2.40. The zero-order valence-corrected chi connectivity index (χ0v) is 11.3. The van der Waals surface area contributed by atoms with E-state index < -0.39 is 0 Å². The number of nitrogens with zero attached hydrogens (tertiary/aromatic N) is 1. The molecule has 3 nitrogen and oxygen atoms in total. The Morgan fingerprint density at radius 3 is 2.50 bits per heavy atom. The third-order valence-corrected chi connectivity index (χ3v) is 4.77. The summed E-state index contributed by atoms with van der Waals surface area (Å²) >= 11 is 1.99. The molecular weight excluding hydrogens is 220 g/mol. The fourth-order valence-corrected chi connectivity index (χ4v) is 4.10. The van der Waals surface area contributed by atoms with Gasteiger partial charge in [0.1, 0.15) is 0 Å². The summed E-state index contributed by atoms with van der Waals surface area (Å²) in [5, 5.41) is 4.50. The van der Waals surface area contributed by atoms with Crippen molar-refractivity contribution < 1.29 is 4.79 Å². The van der Waals surface area contributed by atoms with Crippen molar-refractivity contribution in [3.05, 3.63) is 0 Å². The van der Waals surface area contributed by atoms with Crippen molar-refractivity contribution in [1.82, 2.24) is 10.2 Å². The Hall–Kier alpha value is -0.220. The van der Waals surface area contributed by atoms with Crippen LogP contribution in [0.3, 0.4) is 0 Å². The Labute approximate surface area is 102 Å². The van der Waals surface area contributed by atoms with Crippen molar-refractivity contribution in [1.29, 1.82) is 0 Å². The summed E-state index contributed by atoms with van der Waals surface area (Å²) in [6, 6.07) is 0. The summed E-state index contributed by atoms with van der Waals surface area (Å²) in [6.45, 7) is 9.28. The highest BCUT2D eigenvalue weighted by atomic mass is 32.2. The van der Waals surface area contributed by atoms with Crippen molar-refractivity contribution >= 4 is 17.7 Å². The average molecular weight is 242 g/mol. The summed E-state index contributed by atoms with van der Waals surface area (Å²) in [6.07, 6.45) is 2.11. The minimum absolute atomic E-state index is 0.290. The largest absolute Gasteiger partial charge is 0.339 e. The standard InChI is InChI=1S/C12H22N2OS/c1-9-7-14(8-10(2)16-9)11(15)12(3)5-4-6-13-12/h9-10,13H,4-8H2,1-3H3. The van der Waals surface area contributed by atoms with Gasteiger partial charge in [0.15, 0.2) is 0 Å². The molecule has 0 spiro atoms. The van der Waals surface area contributed by atoms with E-state index in [-0.39, 0.29) is 5.54 Å². The van der Waals surface area contributed by atoms with Gasteiger partial charge in [-0.05, 0) is 26.3 Å². The lowest BCUT2D eigenvalue weighted by atomic mass is 9.98. The minimum atomic E-state index is -0.290. The SMILES string of the molecule is CC1CN(C(=O)C2(C)CCCN2)CC(C)S1. The van der Waals surface area contributed by atoms with Crippen LogP contribution in [0.4, 0.5) is 0 Å². The summed E-state index contributed by atoms with van der Waals surface area (Å²) in [7, 11) is 0. The predicted octanol–water partition coefficient (Wildman–Crippen LogP) is 1.48. The van der Waals surface area contributed by atoms with E-state index in [4.69, 9.17) is 0 Å². The van der Waals surface area contributed by atoms with Gasteiger partial charge in [-0.2, -0.15) is 11.8 Å². The van der Waals surface area contributed by atoms with Crippen LogP contribution in [0.15, 0.2) is 0 Å². The first kappa shape index (κ1) is 12.2. The Balaban J connectivity index is 2.03. The number of thioether (sulfide) groups is 1. The minimum Gasteiger partial charge on any atom is -0.339 e. The first-order valence-electron chi connectivity index (χ1n) is 6.21. The summed E-state index contributed by atoms with van der Waals surface area (Å²) in [5.74, 6) is 0.309. The number of amides is 1. The fraction of sp³-hybridized carbons (Fsp3) is 0.917. The average Bonchev–Trinajstić information content (AvgIpc) is 2.64. The lowest BCUT2D eigenvalue weighted by Gasteiger charge is -2.39. The molecule has 0 saturated carbocycles. The normalized spacial score (nSPS) is 40.1. The molecule has 16 heavy (non-hydrogen) atoms. The van der Waals surface area contributed by atoms with Crippen LogP contribution < -0.4 is 5.32 Å². The highest BCUT2D eigenvalue weighted by Crippen LogP contribution is 2.28. The summed E-state index contributed by atoms with van der Waals surface area (Å²) in [5.41, 5.74) is -0.290. The Kier molecular flexibility index (Phi) is 3.50. The lowest BCUT2D eigenvalue weighted by Crippen LogP contribution is -2.56. The maximum Gasteiger partial charge on any atom is 0.242 e. The molecule has 0 aromatic carbocycles. The molecule has 3 atom stereocenters. The van der Waals surface area contributed by atoms with E-state index in [1.807, 2.05) is 11.8 Å². The smallest absolute Gasteiger partial charge is 0.242 e. The molecule has 2 heterocycles. The topological polar surface area (TPSA) is 32.3 Å². The van der Waals surface area contributed by atoms with Crippen molar-refractivity contribution in [2.45, 2.75) is 49.7 Å². The number of carbonyl (C=O) groups excluding carboxylic acids is 1. The number of carbonyl (C=O) groups is 1. The molecule has 92 valence electrons. The second kappa shape index (κ2) is 4.57. The molecule has 4 heteroatoms. The van der Waals surface area contributed by atoms with Crippen LogP contribution in [0.25, 0.3) is 0 Å². The van der Waals surface area contributed by atoms with Crippen LogP contribution >= 0.6 is 11.8 Å². The maximum atomic E-state index is 12.5. The number of hydrogen-bond acceptors (Lipinski definition) is 3. The first-order chi connectivity index (χ1) is 7.51. The van der Waals surface area contributed by atoms with E-state index in [1.54, 1.807) is 0 Å². The number of rotatable bonds is 1. The molecule has 0 radical (unpaired) electrons. The van der Waals surface area contributed by atoms with Crippen LogP contribution in [0, 0.1) is 0 Å². The van der Waals surface area contributed by atoms with E-state index in [0.29, 0.717) is 16.4 Å². The van der Waals surface area contributed by atoms with Crippen LogP contribution in [-0.2, 0) is 4.79 Å². The second-order valence-electron chi connectivity index (χ2n) is 5.33. The molecule has 1 N–H and O–H groups in total. The lowest BCUT2D eigenvalue weighted by molar-refractivity contribution is -0.137.